The molecule has 31 heavy (non-hydrogen) atoms. The van der Waals surface area contributed by atoms with Crippen molar-refractivity contribution in [3.63, 3.8) is 0 Å². The Morgan fingerprint density at radius 1 is 1.06 bits per heavy atom. The molecule has 0 radical (unpaired) electrons. The Morgan fingerprint density at radius 2 is 1.81 bits per heavy atom. The minimum absolute atomic E-state index is 0.0970. The van der Waals surface area contributed by atoms with Crippen LogP contribution in [0.3, 0.4) is 0 Å². The fraction of sp³-hybridized carbons (Fsp3) is 0.167. The number of alkyl carbamates (subject to hydrolysis) is 1. The average molecular weight is 414 g/mol. The van der Waals surface area contributed by atoms with Gasteiger partial charge < -0.3 is 9.64 Å². The van der Waals surface area contributed by atoms with E-state index >= 15 is 0 Å². The number of anilines is 1. The van der Waals surface area contributed by atoms with Crippen LogP contribution in [0.4, 0.5) is 10.5 Å². The molecule has 7 nitrogen and oxygen atoms in total. The van der Waals surface area contributed by atoms with E-state index in [1.807, 2.05) is 73.7 Å². The summed E-state index contributed by atoms with van der Waals surface area (Å²) in [6, 6.07) is 20.6. The summed E-state index contributed by atoms with van der Waals surface area (Å²) in [5.41, 5.74) is 4.46. The number of aliphatic imine (C=N–C) groups is 1. The van der Waals surface area contributed by atoms with Crippen molar-refractivity contribution in [3.8, 4) is 0 Å². The first-order chi connectivity index (χ1) is 15.0. The summed E-state index contributed by atoms with van der Waals surface area (Å²) in [6.07, 6.45) is -0.117. The van der Waals surface area contributed by atoms with E-state index in [9.17, 15) is 9.59 Å². The minimum atomic E-state index is -1.14. The highest BCUT2D eigenvalue weighted by molar-refractivity contribution is 6.19. The number of ether oxygens (including phenoxy) is 1. The van der Waals surface area contributed by atoms with E-state index in [4.69, 9.17) is 4.74 Å². The van der Waals surface area contributed by atoms with Crippen LogP contribution in [0, 0.1) is 6.92 Å². The molecule has 1 atom stereocenters. The van der Waals surface area contributed by atoms with E-state index in [1.54, 1.807) is 13.2 Å². The highest BCUT2D eigenvalue weighted by atomic mass is 16.5. The molecule has 2 heterocycles. The van der Waals surface area contributed by atoms with E-state index in [1.165, 1.54) is 4.90 Å². The van der Waals surface area contributed by atoms with Crippen LogP contribution in [0.5, 0.6) is 0 Å². The summed E-state index contributed by atoms with van der Waals surface area (Å²) in [4.78, 5) is 36.1. The highest BCUT2D eigenvalue weighted by Gasteiger charge is 2.31. The molecule has 0 spiro atoms. The molecule has 0 aliphatic carbocycles. The van der Waals surface area contributed by atoms with Crippen molar-refractivity contribution < 1.29 is 14.3 Å². The molecule has 0 bridgehead atoms. The normalized spacial score (nSPS) is 15.5. The van der Waals surface area contributed by atoms with E-state index < -0.39 is 12.3 Å². The molecule has 2 aromatic carbocycles. The van der Waals surface area contributed by atoms with Gasteiger partial charge in [0.15, 0.2) is 0 Å². The predicted octanol–water partition coefficient (Wildman–Crippen LogP) is 3.46. The number of benzene rings is 2. The van der Waals surface area contributed by atoms with Crippen molar-refractivity contribution in [3.05, 3.63) is 95.3 Å². The first-order valence-corrected chi connectivity index (χ1v) is 9.88. The SMILES string of the molecule is Cc1ccc(C2=NC(NC(=O)OCc3ccccc3)C(=O)N(C)c3ccccc32)nc1. The van der Waals surface area contributed by atoms with Gasteiger partial charge in [0.05, 0.1) is 17.1 Å². The molecule has 1 N–H and O–H groups in total. The van der Waals surface area contributed by atoms with Gasteiger partial charge in [-0.05, 0) is 30.2 Å². The fourth-order valence-corrected chi connectivity index (χ4v) is 3.30. The Hall–Kier alpha value is -4.00. The summed E-state index contributed by atoms with van der Waals surface area (Å²) in [5.74, 6) is -0.369. The monoisotopic (exact) mass is 414 g/mol. The largest absolute Gasteiger partial charge is 0.445 e. The van der Waals surface area contributed by atoms with Gasteiger partial charge in [0.1, 0.15) is 6.61 Å². The first kappa shape index (κ1) is 20.3. The zero-order valence-electron chi connectivity index (χ0n) is 17.3. The van der Waals surface area contributed by atoms with Gasteiger partial charge in [-0.15, -0.1) is 0 Å². The molecule has 1 aliphatic heterocycles. The van der Waals surface area contributed by atoms with E-state index in [-0.39, 0.29) is 12.5 Å². The molecule has 3 aromatic rings. The number of nitrogens with zero attached hydrogens (tertiary/aromatic N) is 3. The Morgan fingerprint density at radius 3 is 2.55 bits per heavy atom. The Labute approximate surface area is 180 Å². The lowest BCUT2D eigenvalue weighted by Crippen LogP contribution is -2.46. The maximum absolute atomic E-state index is 13.1. The van der Waals surface area contributed by atoms with Crippen LogP contribution < -0.4 is 10.2 Å². The third kappa shape index (κ3) is 4.45. The maximum Gasteiger partial charge on any atom is 0.409 e. The maximum atomic E-state index is 13.1. The molecular formula is C24H22N4O3. The third-order valence-corrected chi connectivity index (χ3v) is 4.96. The highest BCUT2D eigenvalue weighted by Crippen LogP contribution is 2.26. The van der Waals surface area contributed by atoms with E-state index in [0.29, 0.717) is 17.1 Å². The van der Waals surface area contributed by atoms with Crippen molar-refractivity contribution in [2.24, 2.45) is 4.99 Å². The number of aromatic nitrogens is 1. The molecule has 1 aromatic heterocycles. The molecule has 0 saturated carbocycles. The molecule has 2 amide bonds. The Bertz CT molecular complexity index is 1130. The van der Waals surface area contributed by atoms with Crippen LogP contribution in [0.1, 0.15) is 22.4 Å². The molecule has 1 aliphatic rings. The van der Waals surface area contributed by atoms with Crippen molar-refractivity contribution in [2.75, 3.05) is 11.9 Å². The van der Waals surface area contributed by atoms with Gasteiger partial charge in [-0.1, -0.05) is 54.6 Å². The summed E-state index contributed by atoms with van der Waals surface area (Å²) in [7, 11) is 1.66. The summed E-state index contributed by atoms with van der Waals surface area (Å²) in [6.45, 7) is 2.05. The molecule has 1 unspecified atom stereocenters. The third-order valence-electron chi connectivity index (χ3n) is 4.96. The average Bonchev–Trinajstić information content (AvgIpc) is 2.90. The van der Waals surface area contributed by atoms with Crippen LogP contribution in [0.15, 0.2) is 77.9 Å². The smallest absolute Gasteiger partial charge is 0.409 e. The molecular weight excluding hydrogens is 392 g/mol. The van der Waals surface area contributed by atoms with Gasteiger partial charge in [0.25, 0.3) is 5.91 Å². The van der Waals surface area contributed by atoms with Gasteiger partial charge in [-0.25, -0.2) is 9.79 Å². The van der Waals surface area contributed by atoms with Gasteiger partial charge in [0, 0.05) is 18.8 Å². The van der Waals surface area contributed by atoms with E-state index in [0.717, 1.165) is 16.7 Å². The summed E-state index contributed by atoms with van der Waals surface area (Å²) < 4.78 is 5.28. The fourth-order valence-electron chi connectivity index (χ4n) is 3.30. The van der Waals surface area contributed by atoms with Crippen LogP contribution in [0.2, 0.25) is 0 Å². The first-order valence-electron chi connectivity index (χ1n) is 9.88. The van der Waals surface area contributed by atoms with Crippen molar-refractivity contribution in [1.82, 2.24) is 10.3 Å². The second-order valence-corrected chi connectivity index (χ2v) is 7.22. The molecule has 7 heteroatoms. The molecule has 0 fully saturated rings. The second-order valence-electron chi connectivity index (χ2n) is 7.22. The number of fused-ring (bicyclic) bond motifs is 1. The van der Waals surface area contributed by atoms with Crippen LogP contribution in [-0.4, -0.2) is 35.9 Å². The van der Waals surface area contributed by atoms with Crippen molar-refractivity contribution in [1.29, 1.82) is 0 Å². The number of aryl methyl sites for hydroxylation is 1. The Kier molecular flexibility index (Phi) is 5.75. The number of hydrogen-bond acceptors (Lipinski definition) is 5. The lowest BCUT2D eigenvalue weighted by Gasteiger charge is -2.20. The van der Waals surface area contributed by atoms with Crippen LogP contribution >= 0.6 is 0 Å². The number of rotatable bonds is 4. The number of carbonyl (C=O) groups is 2. The second kappa shape index (κ2) is 8.79. The molecule has 156 valence electrons. The lowest BCUT2D eigenvalue weighted by atomic mass is 10.0. The van der Waals surface area contributed by atoms with Gasteiger partial charge in [0.2, 0.25) is 6.17 Å². The van der Waals surface area contributed by atoms with Gasteiger partial charge in [-0.3, -0.25) is 15.1 Å². The summed E-state index contributed by atoms with van der Waals surface area (Å²) in [5, 5.41) is 2.59. The number of benzodiazepines with no additional fused rings is 1. The number of hydrogen-bond donors (Lipinski definition) is 1. The zero-order chi connectivity index (χ0) is 21.8. The number of para-hydroxylation sites is 1. The number of likely N-dealkylation sites (N-methyl/N-ethyl adjacent to an activating group) is 1. The Balaban J connectivity index is 1.64. The van der Waals surface area contributed by atoms with Gasteiger partial charge in [-0.2, -0.15) is 0 Å². The standard InChI is InChI=1S/C24H22N4O3/c1-16-12-13-19(25-14-16)21-18-10-6-7-11-20(18)28(2)23(29)22(26-21)27-24(30)31-15-17-8-4-3-5-9-17/h3-14,22H,15H2,1-2H3,(H,27,30). The predicted molar refractivity (Wildman–Crippen MR) is 118 cm³/mol. The number of nitrogens with one attached hydrogen (secondary N) is 1. The van der Waals surface area contributed by atoms with Crippen molar-refractivity contribution >= 4 is 23.4 Å². The lowest BCUT2D eigenvalue weighted by molar-refractivity contribution is -0.120. The molecule has 4 rings (SSSR count). The van der Waals surface area contributed by atoms with Crippen molar-refractivity contribution in [2.45, 2.75) is 19.7 Å². The number of pyridine rings is 1. The number of amides is 2. The molecule has 0 saturated heterocycles. The van der Waals surface area contributed by atoms with Crippen LogP contribution in [0.25, 0.3) is 0 Å². The minimum Gasteiger partial charge on any atom is -0.445 e. The zero-order valence-corrected chi connectivity index (χ0v) is 17.3. The van der Waals surface area contributed by atoms with Crippen LogP contribution in [-0.2, 0) is 16.1 Å². The summed E-state index contributed by atoms with van der Waals surface area (Å²) >= 11 is 0. The topological polar surface area (TPSA) is 83.9 Å². The van der Waals surface area contributed by atoms with E-state index in [2.05, 4.69) is 15.3 Å². The van der Waals surface area contributed by atoms with Gasteiger partial charge >= 0.3 is 6.09 Å². The number of carbonyl (C=O) groups excluding carboxylic acids is 2. The quantitative estimate of drug-likeness (QED) is 0.709.